The van der Waals surface area contributed by atoms with Gasteiger partial charge in [0.25, 0.3) is 0 Å². The fraction of sp³-hybridized carbons (Fsp3) is 0.423. The van der Waals surface area contributed by atoms with E-state index in [2.05, 4.69) is 46.2 Å². The van der Waals surface area contributed by atoms with Crippen LogP contribution in [0.3, 0.4) is 0 Å². The molecule has 5 nitrogen and oxygen atoms in total. The Morgan fingerprint density at radius 3 is 2.62 bits per heavy atom. The number of anilines is 1. The maximum Gasteiger partial charge on any atom is 0.163 e. The summed E-state index contributed by atoms with van der Waals surface area (Å²) in [6.45, 7) is 5.96. The Morgan fingerprint density at radius 1 is 1.03 bits per heavy atom. The molecule has 0 saturated carbocycles. The first-order valence-electron chi connectivity index (χ1n) is 11.6. The van der Waals surface area contributed by atoms with Crippen molar-refractivity contribution in [2.75, 3.05) is 44.8 Å². The number of ether oxygens (including phenoxy) is 2. The SMILES string of the molecule is COc1cc2c3c(c(Cl)nc2cc1OCCCN1CCCC1)CCN3Cc1ccccc1. The number of benzene rings is 2. The van der Waals surface area contributed by atoms with E-state index in [4.69, 9.17) is 26.1 Å². The van der Waals surface area contributed by atoms with Crippen LogP contribution in [-0.4, -0.2) is 49.8 Å². The number of likely N-dealkylation sites (tertiary alicyclic amines) is 1. The lowest BCUT2D eigenvalue weighted by Crippen LogP contribution is -2.22. The standard InChI is InChI=1S/C26H30ClN3O2/c1-31-23-16-21-22(17-24(23)32-15-7-13-29-11-5-6-12-29)28-26(27)20-10-14-30(25(20)21)18-19-8-3-2-4-9-19/h2-4,8-9,16-17H,5-7,10-15,18H2,1H3. The molecule has 5 rings (SSSR count). The minimum atomic E-state index is 0.591. The fourth-order valence-electron chi connectivity index (χ4n) is 4.92. The molecule has 0 aliphatic carbocycles. The largest absolute Gasteiger partial charge is 0.493 e. The van der Waals surface area contributed by atoms with Gasteiger partial charge in [-0.1, -0.05) is 41.9 Å². The van der Waals surface area contributed by atoms with Gasteiger partial charge in [-0.05, 0) is 50.4 Å². The normalized spacial score (nSPS) is 16.0. The molecule has 3 aromatic rings. The predicted octanol–water partition coefficient (Wildman–Crippen LogP) is 5.32. The fourth-order valence-corrected chi connectivity index (χ4v) is 5.19. The Labute approximate surface area is 194 Å². The van der Waals surface area contributed by atoms with Crippen molar-refractivity contribution in [3.63, 3.8) is 0 Å². The summed E-state index contributed by atoms with van der Waals surface area (Å²) < 4.78 is 11.8. The highest BCUT2D eigenvalue weighted by molar-refractivity contribution is 6.31. The van der Waals surface area contributed by atoms with Gasteiger partial charge in [0, 0.05) is 36.7 Å². The highest BCUT2D eigenvalue weighted by atomic mass is 35.5. The highest BCUT2D eigenvalue weighted by Crippen LogP contribution is 2.43. The van der Waals surface area contributed by atoms with E-state index in [0.29, 0.717) is 11.8 Å². The molecule has 0 bridgehead atoms. The molecule has 0 amide bonds. The molecular weight excluding hydrogens is 422 g/mol. The zero-order chi connectivity index (χ0) is 21.9. The van der Waals surface area contributed by atoms with Crippen molar-refractivity contribution in [1.29, 1.82) is 0 Å². The van der Waals surface area contributed by atoms with E-state index in [1.807, 2.05) is 6.07 Å². The molecule has 0 radical (unpaired) electrons. The number of pyridine rings is 1. The minimum Gasteiger partial charge on any atom is -0.493 e. The lowest BCUT2D eigenvalue weighted by atomic mass is 10.1. The molecule has 2 aliphatic rings. The van der Waals surface area contributed by atoms with E-state index in [0.717, 1.165) is 60.4 Å². The number of nitrogens with zero attached hydrogens (tertiary/aromatic N) is 3. The second kappa shape index (κ2) is 9.55. The average Bonchev–Trinajstić information content (AvgIpc) is 3.48. The summed E-state index contributed by atoms with van der Waals surface area (Å²) in [6, 6.07) is 14.6. The average molecular weight is 452 g/mol. The van der Waals surface area contributed by atoms with Crippen LogP contribution in [0.4, 0.5) is 5.69 Å². The smallest absolute Gasteiger partial charge is 0.163 e. The van der Waals surface area contributed by atoms with Gasteiger partial charge in [0.1, 0.15) is 5.15 Å². The van der Waals surface area contributed by atoms with Crippen LogP contribution in [0.15, 0.2) is 42.5 Å². The molecule has 6 heteroatoms. The van der Waals surface area contributed by atoms with Crippen LogP contribution in [0.5, 0.6) is 11.5 Å². The topological polar surface area (TPSA) is 37.8 Å². The van der Waals surface area contributed by atoms with Crippen LogP contribution in [0.2, 0.25) is 5.15 Å². The first kappa shape index (κ1) is 21.4. The van der Waals surface area contributed by atoms with Crippen molar-refractivity contribution in [2.24, 2.45) is 0 Å². The van der Waals surface area contributed by atoms with Crippen LogP contribution < -0.4 is 14.4 Å². The molecule has 1 aromatic heterocycles. The Bertz CT molecular complexity index is 1080. The number of halogens is 1. The van der Waals surface area contributed by atoms with Gasteiger partial charge in [-0.25, -0.2) is 4.98 Å². The second-order valence-corrected chi connectivity index (χ2v) is 9.02. The molecule has 168 valence electrons. The van der Waals surface area contributed by atoms with Gasteiger partial charge >= 0.3 is 0 Å². The third-order valence-corrected chi connectivity index (χ3v) is 6.84. The van der Waals surface area contributed by atoms with Gasteiger partial charge in [-0.15, -0.1) is 0 Å². The molecule has 1 saturated heterocycles. The van der Waals surface area contributed by atoms with Gasteiger partial charge < -0.3 is 19.3 Å². The summed E-state index contributed by atoms with van der Waals surface area (Å²) in [7, 11) is 1.70. The quantitative estimate of drug-likeness (QED) is 0.342. The molecular formula is C26H30ClN3O2. The van der Waals surface area contributed by atoms with Crippen LogP contribution in [-0.2, 0) is 13.0 Å². The summed E-state index contributed by atoms with van der Waals surface area (Å²) in [5.74, 6) is 1.48. The number of methoxy groups -OCH3 is 1. The van der Waals surface area contributed by atoms with Crippen LogP contribution in [0, 0.1) is 0 Å². The highest BCUT2D eigenvalue weighted by Gasteiger charge is 2.26. The van der Waals surface area contributed by atoms with Gasteiger partial charge in [0.05, 0.1) is 24.9 Å². The van der Waals surface area contributed by atoms with Crippen LogP contribution in [0.1, 0.15) is 30.4 Å². The lowest BCUT2D eigenvalue weighted by Gasteiger charge is -2.22. The molecule has 3 heterocycles. The van der Waals surface area contributed by atoms with Gasteiger partial charge in [-0.3, -0.25) is 0 Å². The number of hydrogen-bond donors (Lipinski definition) is 0. The molecule has 0 unspecified atom stereocenters. The molecule has 0 atom stereocenters. The summed E-state index contributed by atoms with van der Waals surface area (Å²) in [5, 5.41) is 1.66. The zero-order valence-electron chi connectivity index (χ0n) is 18.6. The number of hydrogen-bond acceptors (Lipinski definition) is 5. The van der Waals surface area contributed by atoms with Crippen molar-refractivity contribution in [3.05, 3.63) is 58.7 Å². The summed E-state index contributed by atoms with van der Waals surface area (Å²) in [6.07, 6.45) is 4.54. The van der Waals surface area contributed by atoms with Crippen LogP contribution in [0.25, 0.3) is 10.9 Å². The van der Waals surface area contributed by atoms with Crippen molar-refractivity contribution >= 4 is 28.2 Å². The summed E-state index contributed by atoms with van der Waals surface area (Å²) in [5.41, 5.74) is 4.43. The third kappa shape index (κ3) is 4.37. The molecule has 2 aliphatic heterocycles. The number of fused-ring (bicyclic) bond motifs is 3. The van der Waals surface area contributed by atoms with E-state index in [1.54, 1.807) is 7.11 Å². The van der Waals surface area contributed by atoms with E-state index in [-0.39, 0.29) is 0 Å². The predicted molar refractivity (Wildman–Crippen MR) is 130 cm³/mol. The Kier molecular flexibility index (Phi) is 6.37. The molecule has 2 aromatic carbocycles. The number of aromatic nitrogens is 1. The first-order valence-corrected chi connectivity index (χ1v) is 11.9. The van der Waals surface area contributed by atoms with Gasteiger partial charge in [0.2, 0.25) is 0 Å². The van der Waals surface area contributed by atoms with Crippen molar-refractivity contribution in [1.82, 2.24) is 9.88 Å². The molecule has 1 fully saturated rings. The Hall–Kier alpha value is -2.50. The van der Waals surface area contributed by atoms with Crippen LogP contribution >= 0.6 is 11.6 Å². The van der Waals surface area contributed by atoms with E-state index in [1.165, 1.54) is 37.2 Å². The van der Waals surface area contributed by atoms with Crippen molar-refractivity contribution in [2.45, 2.75) is 32.2 Å². The van der Waals surface area contributed by atoms with Crippen molar-refractivity contribution in [3.8, 4) is 11.5 Å². The minimum absolute atomic E-state index is 0.591. The summed E-state index contributed by atoms with van der Waals surface area (Å²) >= 11 is 6.63. The second-order valence-electron chi connectivity index (χ2n) is 8.66. The number of rotatable bonds is 8. The Balaban J connectivity index is 1.40. The van der Waals surface area contributed by atoms with Crippen molar-refractivity contribution < 1.29 is 9.47 Å². The lowest BCUT2D eigenvalue weighted by molar-refractivity contribution is 0.254. The van der Waals surface area contributed by atoms with E-state index < -0.39 is 0 Å². The molecule has 0 spiro atoms. The summed E-state index contributed by atoms with van der Waals surface area (Å²) in [4.78, 5) is 9.62. The van der Waals surface area contributed by atoms with E-state index in [9.17, 15) is 0 Å². The monoisotopic (exact) mass is 451 g/mol. The maximum absolute atomic E-state index is 6.63. The molecule has 32 heavy (non-hydrogen) atoms. The first-order chi connectivity index (χ1) is 15.7. The van der Waals surface area contributed by atoms with Gasteiger partial charge in [0.15, 0.2) is 11.5 Å². The van der Waals surface area contributed by atoms with Gasteiger partial charge in [-0.2, -0.15) is 0 Å². The maximum atomic E-state index is 6.63. The zero-order valence-corrected chi connectivity index (χ0v) is 19.4. The Morgan fingerprint density at radius 2 is 1.84 bits per heavy atom. The van der Waals surface area contributed by atoms with E-state index >= 15 is 0 Å². The third-order valence-electron chi connectivity index (χ3n) is 6.53. The molecule has 0 N–H and O–H groups in total.